The number of aliphatic hydroxyl groups is 17. The van der Waals surface area contributed by atoms with Gasteiger partial charge in [-0.3, -0.25) is 35.1 Å². The Kier molecular flexibility index (Phi) is 23.1. The first kappa shape index (κ1) is 70.8. The molecule has 41 nitrogen and oxygen atoms in total. The number of ether oxygens (including phenoxy) is 12. The van der Waals surface area contributed by atoms with Crippen LogP contribution in [0.3, 0.4) is 0 Å². The SMILES string of the molecule is O=C(/C=C\c1ccc(Nc2c([N+](=O)[O-])cc([N+](=O)[O-])cc2[N+](=O)[O-])cc1)N[C@@H]1[C@@H](O)[C@H]2O[C@H]3[C@H](O)[C@@H](O)[C@@H](O[C@H]4[C@H](O)[C@@H](O)[C@@H](O[C@H]5[C@H](O)[C@@H](O)[C@@H](O[C@H]6[C@H](O)[C@@H](O)[C@@H](O[C@H]7[C@H](O)[C@@H](O)[C@@H](O[C@@H]1[C@@H](CO)O2)O[C@@H]7CO)O[C@@H]6CO)O[C@@H]5CO)O[C@@H]4CO)O[C@@H]3CO. The van der Waals surface area contributed by atoms with E-state index in [1.54, 1.807) is 0 Å². The van der Waals surface area contributed by atoms with Gasteiger partial charge in [0.05, 0.1) is 72.6 Å². The zero-order valence-electron chi connectivity index (χ0n) is 47.4. The molecule has 0 unspecified atom stereocenters. The highest BCUT2D eigenvalue weighted by Crippen LogP contribution is 2.42. The average molecular weight is 1330 g/mol. The van der Waals surface area contributed by atoms with Crippen molar-refractivity contribution in [1.29, 1.82) is 0 Å². The smallest absolute Gasteiger partial charge is 0.306 e. The van der Waals surface area contributed by atoms with Crippen molar-refractivity contribution in [3.05, 3.63) is 78.4 Å². The zero-order chi connectivity index (χ0) is 66.9. The molecule has 30 atom stereocenters. The topological polar surface area (TPSA) is 625 Å². The number of benzene rings is 2. The molecule has 0 aromatic heterocycles. The summed E-state index contributed by atoms with van der Waals surface area (Å²) in [5.74, 6) is -1.11. The molecule has 0 radical (unpaired) electrons. The fourth-order valence-corrected chi connectivity index (χ4v) is 11.4. The van der Waals surface area contributed by atoms with Gasteiger partial charge in [-0.15, -0.1) is 0 Å². The van der Waals surface area contributed by atoms with Crippen molar-refractivity contribution < 1.29 is 163 Å². The van der Waals surface area contributed by atoms with Crippen molar-refractivity contribution in [2.75, 3.05) is 45.0 Å². The van der Waals surface area contributed by atoms with Gasteiger partial charge >= 0.3 is 11.4 Å². The minimum Gasteiger partial charge on any atom is -0.394 e. The van der Waals surface area contributed by atoms with Gasteiger partial charge < -0.3 is 154 Å². The highest BCUT2D eigenvalue weighted by Gasteiger charge is 2.59. The second-order valence-electron chi connectivity index (χ2n) is 22.1. The molecule has 92 heavy (non-hydrogen) atoms. The summed E-state index contributed by atoms with van der Waals surface area (Å²) in [5.41, 5.74) is -3.51. The molecule has 0 aliphatic carbocycles. The lowest BCUT2D eigenvalue weighted by molar-refractivity contribution is -0.401. The van der Waals surface area contributed by atoms with Crippen LogP contribution in [-0.4, -0.2) is 331 Å². The minimum absolute atomic E-state index is 0.0226. The van der Waals surface area contributed by atoms with E-state index in [1.165, 1.54) is 24.3 Å². The van der Waals surface area contributed by atoms with E-state index in [9.17, 15) is 122 Å². The highest BCUT2D eigenvalue weighted by molar-refractivity contribution is 5.92. The molecule has 12 bridgehead atoms. The Morgan fingerprint density at radius 1 is 0.402 bits per heavy atom. The van der Waals surface area contributed by atoms with Crippen LogP contribution in [0.2, 0.25) is 0 Å². The molecule has 22 aliphatic rings. The number of amides is 1. The summed E-state index contributed by atoms with van der Waals surface area (Å²) in [6.07, 6.45) is -57.7. The molecular weight excluding hydrogens is 1260 g/mol. The first-order valence-electron chi connectivity index (χ1n) is 28.2. The van der Waals surface area contributed by atoms with Crippen molar-refractivity contribution in [2.24, 2.45) is 0 Å². The number of carbonyl (C=O) groups is 1. The maximum absolute atomic E-state index is 14.0. The lowest BCUT2D eigenvalue weighted by Gasteiger charge is -2.51. The molecule has 22 aliphatic heterocycles. The number of hydrogen-bond donors (Lipinski definition) is 19. The van der Waals surface area contributed by atoms with Crippen LogP contribution in [0.1, 0.15) is 5.56 Å². The van der Waals surface area contributed by atoms with E-state index < -0.39 is 267 Å². The second-order valence-corrected chi connectivity index (χ2v) is 22.1. The van der Waals surface area contributed by atoms with Crippen molar-refractivity contribution in [3.63, 3.8) is 0 Å². The van der Waals surface area contributed by atoms with Crippen molar-refractivity contribution in [3.8, 4) is 0 Å². The van der Waals surface area contributed by atoms with Gasteiger partial charge in [0, 0.05) is 11.8 Å². The quantitative estimate of drug-likeness (QED) is 0.0474. The normalized spacial score (nSPS) is 42.8. The van der Waals surface area contributed by atoms with E-state index in [4.69, 9.17) is 56.8 Å². The summed E-state index contributed by atoms with van der Waals surface area (Å²) in [6, 6.07) is 4.16. The number of rotatable bonds is 14. The van der Waals surface area contributed by atoms with Crippen molar-refractivity contribution in [2.45, 2.75) is 184 Å². The molecule has 0 saturated carbocycles. The van der Waals surface area contributed by atoms with E-state index in [0.29, 0.717) is 12.1 Å². The molecule has 22 heterocycles. The Hall–Kier alpha value is -5.51. The maximum atomic E-state index is 14.0. The molecule has 2 aromatic carbocycles. The van der Waals surface area contributed by atoms with Gasteiger partial charge in [-0.25, -0.2) is 0 Å². The second kappa shape index (κ2) is 30.1. The third-order valence-corrected chi connectivity index (χ3v) is 16.3. The fourth-order valence-electron chi connectivity index (χ4n) is 11.4. The third-order valence-electron chi connectivity index (χ3n) is 16.3. The predicted molar refractivity (Wildman–Crippen MR) is 287 cm³/mol. The molecule has 24 rings (SSSR count). The van der Waals surface area contributed by atoms with Gasteiger partial charge in [0.15, 0.2) is 43.4 Å². The van der Waals surface area contributed by atoms with Crippen LogP contribution >= 0.6 is 0 Å². The molecular formula is C51H69N5O36. The highest BCUT2D eigenvalue weighted by atomic mass is 16.8. The van der Waals surface area contributed by atoms with Crippen molar-refractivity contribution in [1.82, 2.24) is 5.32 Å². The molecule has 0 spiro atoms. The largest absolute Gasteiger partial charge is 0.394 e. The molecule has 19 N–H and O–H groups in total. The Balaban J connectivity index is 1.02. The van der Waals surface area contributed by atoms with E-state index in [-0.39, 0.29) is 11.3 Å². The molecule has 2 aromatic rings. The molecule has 41 heteroatoms. The maximum Gasteiger partial charge on any atom is 0.306 e. The summed E-state index contributed by atoms with van der Waals surface area (Å²) >= 11 is 0. The monoisotopic (exact) mass is 1330 g/mol. The van der Waals surface area contributed by atoms with E-state index in [0.717, 1.165) is 12.2 Å². The van der Waals surface area contributed by atoms with Crippen LogP contribution in [0.25, 0.3) is 6.08 Å². The number of nitro benzene ring substituents is 3. The summed E-state index contributed by atoms with van der Waals surface area (Å²) < 4.78 is 69.5. The Labute approximate surface area is 515 Å². The number of anilines is 2. The van der Waals surface area contributed by atoms with E-state index >= 15 is 0 Å². The molecule has 22 fully saturated rings. The number of aliphatic hydroxyl groups excluding tert-OH is 17. The van der Waals surface area contributed by atoms with E-state index in [2.05, 4.69) is 10.6 Å². The summed E-state index contributed by atoms with van der Waals surface area (Å²) in [7, 11) is 0. The van der Waals surface area contributed by atoms with Crippen LogP contribution in [-0.2, 0) is 61.6 Å². The van der Waals surface area contributed by atoms with E-state index in [1.807, 2.05) is 0 Å². The Morgan fingerprint density at radius 2 is 0.685 bits per heavy atom. The standard InChI is InChI=1S/C51H69N5O36/c57-9-20-40-28(53-26(63)6-3-15-1-4-16(5-2-15)52-27-18(55(77)78)7-17(54(75)76)8-19(27)56(79)80)29(64)46(81-20)88-41-21(10-58)83-48(36(71)31(41)66)90-43-23(12-60)85-50(38(73)33(43)68)92-45-25(14-62)86-51(39(74)34(45)69)91-44-24(13-61)84-49(37(72)32(44)67)89-42-22(11-59)82-47(87-40)35(70)30(42)65/h1-8,20-25,28-52,57-62,64-74H,9-14H2,(H,53,63)/b6-3-/t20-,21-,22-,23-,24-,25-,28-,29-,30-,31-,32-,33-,34-,35-,36-,37-,38-,39-,40-,41-,42-,43-,44-,45-,46-,47-,48-,49-,50-,51-/m1/s1. The van der Waals surface area contributed by atoms with Crippen LogP contribution in [0.4, 0.5) is 28.4 Å². The fraction of sp³-hybridized carbons (Fsp3) is 0.706. The van der Waals surface area contributed by atoms with Crippen LogP contribution in [0.15, 0.2) is 42.5 Å². The number of hydrogen-bond acceptors (Lipinski definition) is 37. The average Bonchev–Trinajstić information content (AvgIpc) is 0.789. The van der Waals surface area contributed by atoms with Crippen LogP contribution in [0.5, 0.6) is 0 Å². The predicted octanol–water partition coefficient (Wildman–Crippen LogP) is -9.75. The van der Waals surface area contributed by atoms with Gasteiger partial charge in [0.1, 0.15) is 140 Å². The number of nitrogens with one attached hydrogen (secondary N) is 2. The summed E-state index contributed by atoms with van der Waals surface area (Å²) in [4.78, 5) is 45.9. The van der Waals surface area contributed by atoms with Gasteiger partial charge in [0.25, 0.3) is 5.69 Å². The van der Waals surface area contributed by atoms with Crippen LogP contribution < -0.4 is 10.6 Å². The number of nitro groups is 3. The summed E-state index contributed by atoms with van der Waals surface area (Å²) in [6.45, 7) is -6.56. The molecule has 514 valence electrons. The van der Waals surface area contributed by atoms with Gasteiger partial charge in [-0.1, -0.05) is 12.1 Å². The first-order chi connectivity index (χ1) is 43.8. The zero-order valence-corrected chi connectivity index (χ0v) is 47.4. The van der Waals surface area contributed by atoms with Gasteiger partial charge in [0.2, 0.25) is 5.91 Å². The van der Waals surface area contributed by atoms with Crippen LogP contribution in [0, 0.1) is 30.3 Å². The lowest BCUT2D eigenvalue weighted by atomic mass is 9.93. The Morgan fingerprint density at radius 3 is 0.967 bits per heavy atom. The third kappa shape index (κ3) is 14.5. The Bertz CT molecular complexity index is 2840. The number of nitrogens with zero attached hydrogens (tertiary/aromatic N) is 3. The number of non-ortho nitro benzene ring substituents is 1. The molecule has 1 amide bonds. The molecule has 22 saturated heterocycles. The first-order valence-corrected chi connectivity index (χ1v) is 28.2. The number of carbonyl (C=O) groups excluding carboxylic acids is 1. The minimum atomic E-state index is -2.31. The lowest BCUT2D eigenvalue weighted by Crippen LogP contribution is -2.70. The summed E-state index contributed by atoms with van der Waals surface area (Å²) in [5, 5.41) is 230. The van der Waals surface area contributed by atoms with Gasteiger partial charge in [-0.2, -0.15) is 0 Å². The van der Waals surface area contributed by atoms with Crippen molar-refractivity contribution >= 4 is 40.4 Å². The van der Waals surface area contributed by atoms with Gasteiger partial charge in [-0.05, 0) is 23.8 Å².